The number of fused-ring (bicyclic) bond motifs is 1. The number of aromatic amines is 1. The number of nitrogens with zero attached hydrogens (tertiary/aromatic N) is 1. The van der Waals surface area contributed by atoms with Gasteiger partial charge < -0.3 is 15.6 Å². The van der Waals surface area contributed by atoms with Crippen molar-refractivity contribution >= 4 is 35.1 Å². The van der Waals surface area contributed by atoms with E-state index in [0.29, 0.717) is 10.8 Å². The number of carbonyl (C=O) groups excluding carboxylic acids is 2. The summed E-state index contributed by atoms with van der Waals surface area (Å²) in [7, 11) is 0. The maximum Gasteiger partial charge on any atom is 0.257 e. The minimum Gasteiger partial charge on any atom is -0.326 e. The van der Waals surface area contributed by atoms with E-state index in [9.17, 15) is 14.4 Å². The van der Waals surface area contributed by atoms with Crippen LogP contribution in [0.15, 0.2) is 34.2 Å². The first-order valence-electron chi connectivity index (χ1n) is 8.42. The fourth-order valence-corrected chi connectivity index (χ4v) is 3.51. The van der Waals surface area contributed by atoms with E-state index in [0.717, 1.165) is 17.7 Å². The third-order valence-electron chi connectivity index (χ3n) is 3.97. The molecule has 3 N–H and O–H groups in total. The van der Waals surface area contributed by atoms with E-state index in [4.69, 9.17) is 0 Å². The molecule has 0 spiro atoms. The maximum absolute atomic E-state index is 12.7. The number of aromatic nitrogens is 2. The van der Waals surface area contributed by atoms with Crippen LogP contribution in [0.25, 0.3) is 0 Å². The molecule has 0 saturated heterocycles. The van der Waals surface area contributed by atoms with Gasteiger partial charge in [-0.1, -0.05) is 30.8 Å². The fourth-order valence-electron chi connectivity index (χ4n) is 2.79. The molecule has 8 heteroatoms. The number of thioether (sulfide) groups is 1. The third-order valence-corrected chi connectivity index (χ3v) is 5.05. The second-order valence-corrected chi connectivity index (χ2v) is 7.23. The van der Waals surface area contributed by atoms with E-state index in [-0.39, 0.29) is 23.7 Å². The van der Waals surface area contributed by atoms with E-state index in [1.807, 2.05) is 32.0 Å². The third kappa shape index (κ3) is 3.96. The lowest BCUT2D eigenvalue weighted by Gasteiger charge is -2.23. The van der Waals surface area contributed by atoms with E-state index >= 15 is 0 Å². The Balaban J connectivity index is 1.91. The molecule has 7 nitrogen and oxygen atoms in total. The summed E-state index contributed by atoms with van der Waals surface area (Å²) in [5.41, 5.74) is 1.44. The van der Waals surface area contributed by atoms with Crippen molar-refractivity contribution in [1.82, 2.24) is 9.97 Å². The van der Waals surface area contributed by atoms with E-state index in [1.54, 1.807) is 6.07 Å². The Morgan fingerprint density at radius 1 is 1.38 bits per heavy atom. The number of amides is 2. The van der Waals surface area contributed by atoms with Gasteiger partial charge in [0.15, 0.2) is 5.16 Å². The summed E-state index contributed by atoms with van der Waals surface area (Å²) >= 11 is 1.40. The van der Waals surface area contributed by atoms with Crippen LogP contribution in [-0.4, -0.2) is 27.5 Å². The van der Waals surface area contributed by atoms with Crippen molar-refractivity contribution in [2.24, 2.45) is 0 Å². The lowest BCUT2D eigenvalue weighted by Crippen LogP contribution is -2.36. The van der Waals surface area contributed by atoms with Crippen molar-refractivity contribution in [3.05, 3.63) is 45.7 Å². The fraction of sp³-hybridized carbons (Fsp3) is 0.333. The summed E-state index contributed by atoms with van der Waals surface area (Å²) in [5, 5.41) is 5.84. The summed E-state index contributed by atoms with van der Waals surface area (Å²) in [6.07, 6.45) is 0.843. The molecule has 0 radical (unpaired) electrons. The van der Waals surface area contributed by atoms with E-state index in [1.165, 1.54) is 11.8 Å². The molecule has 0 saturated carbocycles. The van der Waals surface area contributed by atoms with Gasteiger partial charge in [-0.3, -0.25) is 14.4 Å². The zero-order chi connectivity index (χ0) is 18.7. The van der Waals surface area contributed by atoms with Gasteiger partial charge in [-0.15, -0.1) is 0 Å². The SMILES string of the molecule is CCCSc1nc2c(c(=O)[nH]1)[C@H](C(=O)Nc1cccc(C)c1)CC(=O)N2. The summed E-state index contributed by atoms with van der Waals surface area (Å²) < 4.78 is 0. The molecule has 0 unspecified atom stereocenters. The number of hydrogen-bond donors (Lipinski definition) is 3. The van der Waals surface area contributed by atoms with Gasteiger partial charge in [-0.05, 0) is 31.0 Å². The number of rotatable bonds is 5. The Bertz CT molecular complexity index is 910. The van der Waals surface area contributed by atoms with E-state index in [2.05, 4.69) is 20.6 Å². The Morgan fingerprint density at radius 2 is 2.19 bits per heavy atom. The first kappa shape index (κ1) is 18.2. The zero-order valence-corrected chi connectivity index (χ0v) is 15.4. The van der Waals surface area contributed by atoms with Gasteiger partial charge in [-0.25, -0.2) is 4.98 Å². The molecule has 1 atom stereocenters. The van der Waals surface area contributed by atoms with Gasteiger partial charge in [0.05, 0.1) is 11.5 Å². The molecule has 0 aliphatic carbocycles. The van der Waals surface area contributed by atoms with Gasteiger partial charge in [0, 0.05) is 17.9 Å². The smallest absolute Gasteiger partial charge is 0.257 e. The Kier molecular flexibility index (Phi) is 5.41. The molecule has 1 aromatic heterocycles. The highest BCUT2D eigenvalue weighted by atomic mass is 32.2. The van der Waals surface area contributed by atoms with Gasteiger partial charge in [0.25, 0.3) is 5.56 Å². The Hall–Kier alpha value is -2.61. The monoisotopic (exact) mass is 372 g/mol. The van der Waals surface area contributed by atoms with Crippen molar-refractivity contribution in [1.29, 1.82) is 0 Å². The van der Waals surface area contributed by atoms with Gasteiger partial charge >= 0.3 is 0 Å². The number of aryl methyl sites for hydroxylation is 1. The molecular formula is C18H20N4O3S. The standard InChI is InChI=1S/C18H20N4O3S/c1-3-7-26-18-21-15-14(17(25)22-18)12(9-13(23)20-15)16(24)19-11-6-4-5-10(2)8-11/h4-6,8,12H,3,7,9H2,1-2H3,(H,19,24)(H2,20,21,22,23,25)/t12-/m1/s1. The minimum atomic E-state index is -0.874. The normalized spacial score (nSPS) is 15.9. The molecule has 0 bridgehead atoms. The quantitative estimate of drug-likeness (QED) is 0.553. The van der Waals surface area contributed by atoms with Gasteiger partial charge in [0.2, 0.25) is 11.8 Å². The maximum atomic E-state index is 12.7. The van der Waals surface area contributed by atoms with Crippen LogP contribution in [0.2, 0.25) is 0 Å². The Labute approximate surface area is 155 Å². The van der Waals surface area contributed by atoms with Crippen molar-refractivity contribution in [3.8, 4) is 0 Å². The summed E-state index contributed by atoms with van der Waals surface area (Å²) in [6.45, 7) is 3.94. The molecule has 136 valence electrons. The lowest BCUT2D eigenvalue weighted by atomic mass is 9.92. The second-order valence-electron chi connectivity index (χ2n) is 6.15. The van der Waals surface area contributed by atoms with Gasteiger partial charge in [-0.2, -0.15) is 0 Å². The molecule has 2 amide bonds. The van der Waals surface area contributed by atoms with E-state index < -0.39 is 17.4 Å². The molecule has 1 aliphatic heterocycles. The largest absolute Gasteiger partial charge is 0.326 e. The summed E-state index contributed by atoms with van der Waals surface area (Å²) in [6, 6.07) is 7.34. The van der Waals surface area contributed by atoms with Crippen LogP contribution in [0.3, 0.4) is 0 Å². The minimum absolute atomic E-state index is 0.0864. The van der Waals surface area contributed by atoms with Crippen molar-refractivity contribution < 1.29 is 9.59 Å². The van der Waals surface area contributed by atoms with Crippen molar-refractivity contribution in [3.63, 3.8) is 0 Å². The average Bonchev–Trinajstić information content (AvgIpc) is 2.58. The molecule has 1 aromatic carbocycles. The molecule has 2 aromatic rings. The van der Waals surface area contributed by atoms with Crippen LogP contribution >= 0.6 is 11.8 Å². The highest BCUT2D eigenvalue weighted by molar-refractivity contribution is 7.99. The van der Waals surface area contributed by atoms with Crippen molar-refractivity contribution in [2.75, 3.05) is 16.4 Å². The van der Waals surface area contributed by atoms with Crippen LogP contribution in [0.5, 0.6) is 0 Å². The molecule has 3 rings (SSSR count). The number of H-pyrrole nitrogens is 1. The van der Waals surface area contributed by atoms with Crippen LogP contribution in [0, 0.1) is 6.92 Å². The predicted molar refractivity (Wildman–Crippen MR) is 102 cm³/mol. The topological polar surface area (TPSA) is 104 Å². The summed E-state index contributed by atoms with van der Waals surface area (Å²) in [5.74, 6) is -0.624. The molecule has 1 aliphatic rings. The van der Waals surface area contributed by atoms with Crippen molar-refractivity contribution in [2.45, 2.75) is 37.8 Å². The van der Waals surface area contributed by atoms with Crippen LogP contribution in [-0.2, 0) is 9.59 Å². The summed E-state index contributed by atoms with van der Waals surface area (Å²) in [4.78, 5) is 44.3. The first-order valence-corrected chi connectivity index (χ1v) is 9.41. The highest BCUT2D eigenvalue weighted by Crippen LogP contribution is 2.30. The highest BCUT2D eigenvalue weighted by Gasteiger charge is 2.34. The molecular weight excluding hydrogens is 352 g/mol. The average molecular weight is 372 g/mol. The lowest BCUT2D eigenvalue weighted by molar-refractivity contribution is -0.123. The molecule has 0 fully saturated rings. The number of carbonyl (C=O) groups is 2. The zero-order valence-electron chi connectivity index (χ0n) is 14.6. The molecule has 2 heterocycles. The number of anilines is 2. The second kappa shape index (κ2) is 7.74. The number of nitrogens with one attached hydrogen (secondary N) is 3. The van der Waals surface area contributed by atoms with Crippen LogP contribution in [0.4, 0.5) is 11.5 Å². The number of benzene rings is 1. The Morgan fingerprint density at radius 3 is 2.92 bits per heavy atom. The molecule has 26 heavy (non-hydrogen) atoms. The number of hydrogen-bond acceptors (Lipinski definition) is 5. The first-order chi connectivity index (χ1) is 12.5. The van der Waals surface area contributed by atoms with Crippen LogP contribution < -0.4 is 16.2 Å². The van der Waals surface area contributed by atoms with Gasteiger partial charge in [0.1, 0.15) is 5.82 Å². The van der Waals surface area contributed by atoms with Crippen LogP contribution in [0.1, 0.15) is 36.8 Å². The predicted octanol–water partition coefficient (Wildman–Crippen LogP) is 2.64.